The first-order valence-electron chi connectivity index (χ1n) is 10.7. The SMILES string of the molecule is CC.CNC.COC1=CC2CC(Sc3cccc(Br)c3)c3ccc(O)c(O)c3C2CC1=O. The molecule has 0 bridgehead atoms. The molecule has 0 spiro atoms. The largest absolute Gasteiger partial charge is 0.504 e. The molecule has 3 N–H and O–H groups in total. The van der Waals surface area contributed by atoms with Crippen LogP contribution in [-0.2, 0) is 9.53 Å². The van der Waals surface area contributed by atoms with Gasteiger partial charge in [-0.1, -0.05) is 41.9 Å². The minimum Gasteiger partial charge on any atom is -0.504 e. The molecule has 0 aliphatic heterocycles. The summed E-state index contributed by atoms with van der Waals surface area (Å²) in [6.45, 7) is 4.00. The third-order valence-electron chi connectivity index (χ3n) is 5.29. The Balaban J connectivity index is 0.000000671. The molecule has 5 nitrogen and oxygen atoms in total. The number of nitrogens with one attached hydrogen (secondary N) is 1. The number of ether oxygens (including phenoxy) is 1. The van der Waals surface area contributed by atoms with Crippen molar-refractivity contribution in [2.24, 2.45) is 5.92 Å². The zero-order valence-electron chi connectivity index (χ0n) is 19.2. The van der Waals surface area contributed by atoms with E-state index in [9.17, 15) is 15.0 Å². The first-order chi connectivity index (χ1) is 15.4. The van der Waals surface area contributed by atoms with E-state index in [-0.39, 0.29) is 40.8 Å². The number of Topliss-reactive ketones (excluding diaryl/α,β-unsaturated/α-hetero) is 1. The molecule has 0 fully saturated rings. The molecule has 3 unspecified atom stereocenters. The molecule has 7 heteroatoms. The number of allylic oxidation sites excluding steroid dienone is 2. The van der Waals surface area contributed by atoms with E-state index in [0.717, 1.165) is 21.4 Å². The molecule has 0 saturated carbocycles. The summed E-state index contributed by atoms with van der Waals surface area (Å²) < 4.78 is 6.26. The van der Waals surface area contributed by atoms with Gasteiger partial charge in [0.25, 0.3) is 0 Å². The van der Waals surface area contributed by atoms with Crippen LogP contribution < -0.4 is 5.32 Å². The zero-order valence-corrected chi connectivity index (χ0v) is 21.6. The first kappa shape index (κ1) is 26.3. The number of carbonyl (C=O) groups is 1. The minimum atomic E-state index is -0.144. The molecule has 0 saturated heterocycles. The number of phenolic OH excluding ortho intramolecular Hbond substituents is 2. The maximum absolute atomic E-state index is 12.3. The van der Waals surface area contributed by atoms with Crippen molar-refractivity contribution in [1.82, 2.24) is 5.32 Å². The number of benzene rings is 2. The highest BCUT2D eigenvalue weighted by atomic mass is 79.9. The fraction of sp³-hybridized carbons (Fsp3) is 0.400. The lowest BCUT2D eigenvalue weighted by atomic mass is 9.69. The van der Waals surface area contributed by atoms with E-state index >= 15 is 0 Å². The molecule has 174 valence electrons. The van der Waals surface area contributed by atoms with E-state index in [1.54, 1.807) is 11.8 Å². The van der Waals surface area contributed by atoms with Crippen molar-refractivity contribution in [2.75, 3.05) is 21.2 Å². The predicted octanol–water partition coefficient (Wildman–Crippen LogP) is 6.16. The second-order valence-electron chi connectivity index (χ2n) is 7.37. The van der Waals surface area contributed by atoms with E-state index in [0.29, 0.717) is 11.3 Å². The van der Waals surface area contributed by atoms with Crippen LogP contribution >= 0.6 is 27.7 Å². The summed E-state index contributed by atoms with van der Waals surface area (Å²) in [6, 6.07) is 11.5. The van der Waals surface area contributed by atoms with Crippen molar-refractivity contribution < 1.29 is 19.7 Å². The van der Waals surface area contributed by atoms with E-state index in [4.69, 9.17) is 4.74 Å². The smallest absolute Gasteiger partial charge is 0.197 e. The van der Waals surface area contributed by atoms with Gasteiger partial charge in [-0.15, -0.1) is 11.8 Å². The summed E-state index contributed by atoms with van der Waals surface area (Å²) >= 11 is 5.23. The quantitative estimate of drug-likeness (QED) is 0.419. The number of methoxy groups -OCH3 is 1. The van der Waals surface area contributed by atoms with Crippen LogP contribution in [0.3, 0.4) is 0 Å². The van der Waals surface area contributed by atoms with Crippen LogP contribution in [0.1, 0.15) is 49.0 Å². The van der Waals surface area contributed by atoms with Crippen LogP contribution in [0.15, 0.2) is 57.6 Å². The normalized spacial score (nSPS) is 21.0. The molecule has 32 heavy (non-hydrogen) atoms. The topological polar surface area (TPSA) is 78.8 Å². The van der Waals surface area contributed by atoms with Gasteiger partial charge in [-0.25, -0.2) is 0 Å². The molecular weight excluding hydrogens is 490 g/mol. The molecule has 2 aliphatic rings. The third kappa shape index (κ3) is 5.88. The number of hydrogen-bond acceptors (Lipinski definition) is 6. The lowest BCUT2D eigenvalue weighted by molar-refractivity contribution is -0.119. The van der Waals surface area contributed by atoms with Gasteiger partial charge >= 0.3 is 0 Å². The van der Waals surface area contributed by atoms with E-state index < -0.39 is 0 Å². The van der Waals surface area contributed by atoms with Gasteiger partial charge in [-0.2, -0.15) is 0 Å². The molecule has 2 aromatic carbocycles. The second-order valence-corrected chi connectivity index (χ2v) is 9.56. The van der Waals surface area contributed by atoms with Gasteiger partial charge in [0.15, 0.2) is 23.0 Å². The van der Waals surface area contributed by atoms with Crippen LogP contribution in [0.4, 0.5) is 0 Å². The average molecular weight is 523 g/mol. The number of carbonyl (C=O) groups excluding carboxylic acids is 1. The van der Waals surface area contributed by atoms with Crippen LogP contribution in [0.5, 0.6) is 11.5 Å². The third-order valence-corrected chi connectivity index (χ3v) is 7.04. The molecule has 0 amide bonds. The van der Waals surface area contributed by atoms with E-state index in [1.165, 1.54) is 13.2 Å². The van der Waals surface area contributed by atoms with Gasteiger partial charge in [0.1, 0.15) is 0 Å². The van der Waals surface area contributed by atoms with E-state index in [1.807, 2.05) is 52.2 Å². The molecule has 0 radical (unpaired) electrons. The van der Waals surface area contributed by atoms with Crippen molar-refractivity contribution in [2.45, 2.75) is 42.8 Å². The molecule has 3 atom stereocenters. The van der Waals surface area contributed by atoms with Crippen molar-refractivity contribution in [3.63, 3.8) is 0 Å². The Kier molecular flexibility index (Phi) is 10.1. The monoisotopic (exact) mass is 521 g/mol. The Morgan fingerprint density at radius 3 is 2.47 bits per heavy atom. The van der Waals surface area contributed by atoms with Gasteiger partial charge in [-0.3, -0.25) is 4.79 Å². The molecule has 0 aromatic heterocycles. The Morgan fingerprint density at radius 1 is 1.16 bits per heavy atom. The molecule has 0 heterocycles. The zero-order chi connectivity index (χ0) is 23.8. The lowest BCUT2D eigenvalue weighted by Crippen LogP contribution is -2.29. The standard InChI is InChI=1S/C21H19BrO4S.C2H7N.C2H6/c1-26-18-7-11-8-19(27-13-4-2-3-12(22)9-13)14-5-6-16(23)21(25)20(14)15(11)10-17(18)24;1-3-2;1-2/h2-7,9,11,15,19,23,25H,8,10H2,1H3;3H,1-2H3;1-2H3. The summed E-state index contributed by atoms with van der Waals surface area (Å²) in [5, 5.41) is 23.5. The maximum Gasteiger partial charge on any atom is 0.197 e. The molecule has 2 aliphatic carbocycles. The van der Waals surface area contributed by atoms with Crippen LogP contribution in [-0.4, -0.2) is 37.2 Å². The van der Waals surface area contributed by atoms with Crippen LogP contribution in [0.2, 0.25) is 0 Å². The summed E-state index contributed by atoms with van der Waals surface area (Å²) in [7, 11) is 5.26. The number of halogens is 1. The highest BCUT2D eigenvalue weighted by Gasteiger charge is 2.41. The predicted molar refractivity (Wildman–Crippen MR) is 134 cm³/mol. The Labute approximate surface area is 203 Å². The number of fused-ring (bicyclic) bond motifs is 3. The molecular formula is C25H32BrNO4S. The summed E-state index contributed by atoms with van der Waals surface area (Å²) in [4.78, 5) is 13.5. The lowest BCUT2D eigenvalue weighted by Gasteiger charge is -2.39. The average Bonchev–Trinajstić information content (AvgIpc) is 2.78. The maximum atomic E-state index is 12.3. The van der Waals surface area contributed by atoms with Gasteiger partial charge < -0.3 is 20.3 Å². The Morgan fingerprint density at radius 2 is 1.84 bits per heavy atom. The van der Waals surface area contributed by atoms with Crippen molar-refractivity contribution in [3.05, 3.63) is 63.8 Å². The van der Waals surface area contributed by atoms with E-state index in [2.05, 4.69) is 33.4 Å². The molecule has 2 aromatic rings. The number of phenols is 2. The number of hydrogen-bond donors (Lipinski definition) is 3. The summed E-state index contributed by atoms with van der Waals surface area (Å²) in [6.07, 6.45) is 3.00. The van der Waals surface area contributed by atoms with Gasteiger partial charge in [0.05, 0.1) is 7.11 Å². The minimum absolute atomic E-state index is 0.0643. The van der Waals surface area contributed by atoms with Crippen LogP contribution in [0, 0.1) is 5.92 Å². The van der Waals surface area contributed by atoms with Crippen LogP contribution in [0.25, 0.3) is 0 Å². The van der Waals surface area contributed by atoms with Crippen molar-refractivity contribution in [3.8, 4) is 11.5 Å². The number of rotatable bonds is 3. The Bertz CT molecular complexity index is 963. The number of ketones is 1. The molecule has 4 rings (SSSR count). The number of aromatic hydroxyl groups is 2. The summed E-state index contributed by atoms with van der Waals surface area (Å²) in [5.41, 5.74) is 1.68. The number of thioether (sulfide) groups is 1. The highest BCUT2D eigenvalue weighted by molar-refractivity contribution is 9.10. The highest BCUT2D eigenvalue weighted by Crippen LogP contribution is 2.56. The van der Waals surface area contributed by atoms with Gasteiger partial charge in [-0.05, 0) is 62.3 Å². The second kappa shape index (κ2) is 12.3. The first-order valence-corrected chi connectivity index (χ1v) is 12.4. The fourth-order valence-corrected chi connectivity index (χ4v) is 5.94. The summed E-state index contributed by atoms with van der Waals surface area (Å²) in [5.74, 6) is 0.00938. The van der Waals surface area contributed by atoms with Gasteiger partial charge in [0, 0.05) is 32.5 Å². The Hall–Kier alpha value is -1.96. The van der Waals surface area contributed by atoms with Crippen molar-refractivity contribution in [1.29, 1.82) is 0 Å². The van der Waals surface area contributed by atoms with Crippen molar-refractivity contribution >= 4 is 33.5 Å². The fourth-order valence-electron chi connectivity index (χ4n) is 4.06. The van der Waals surface area contributed by atoms with Gasteiger partial charge in [0.2, 0.25) is 0 Å².